The van der Waals surface area contributed by atoms with E-state index in [1.807, 2.05) is 0 Å². The van der Waals surface area contributed by atoms with Crippen molar-refractivity contribution in [2.75, 3.05) is 0 Å². The first-order chi connectivity index (χ1) is 9.96. The molecule has 21 heavy (non-hydrogen) atoms. The lowest BCUT2D eigenvalue weighted by atomic mass is 9.97. The van der Waals surface area contributed by atoms with Crippen molar-refractivity contribution in [2.45, 2.75) is 64.5 Å². The number of rotatable bonds is 9. The van der Waals surface area contributed by atoms with Crippen molar-refractivity contribution in [2.24, 2.45) is 0 Å². The van der Waals surface area contributed by atoms with Gasteiger partial charge in [-0.15, -0.1) is 0 Å². The second kappa shape index (κ2) is 8.85. The van der Waals surface area contributed by atoms with Crippen molar-refractivity contribution in [3.05, 3.63) is 35.4 Å². The summed E-state index contributed by atoms with van der Waals surface area (Å²) in [5.74, 6) is -1.74. The number of unbranched alkanes of at least 4 members (excludes halogenated alkanes) is 6. The molecule has 0 saturated heterocycles. The molecule has 0 aliphatic rings. The standard InChI is InChI=1S/C17H23F3O/c1-2-3-4-5-6-7-8-11-14-12-9-10-13-15(14)16(21)17(18,19)20/h9-10,12-13H,2-8,11H2,1H3. The van der Waals surface area contributed by atoms with Gasteiger partial charge in [0.25, 0.3) is 5.78 Å². The fourth-order valence-electron chi connectivity index (χ4n) is 2.39. The zero-order valence-electron chi connectivity index (χ0n) is 12.5. The Bertz CT molecular complexity index is 438. The quantitative estimate of drug-likeness (QED) is 0.421. The molecule has 0 atom stereocenters. The number of alkyl halides is 3. The van der Waals surface area contributed by atoms with E-state index >= 15 is 0 Å². The highest BCUT2D eigenvalue weighted by atomic mass is 19.4. The number of Topliss-reactive ketones (excluding diaryl/α,β-unsaturated/α-hetero) is 1. The minimum absolute atomic E-state index is 0.198. The number of carbonyl (C=O) groups excluding carboxylic acids is 1. The number of benzene rings is 1. The molecular weight excluding hydrogens is 277 g/mol. The van der Waals surface area contributed by atoms with Crippen molar-refractivity contribution in [3.63, 3.8) is 0 Å². The molecule has 0 saturated carbocycles. The molecule has 0 spiro atoms. The number of hydrogen-bond donors (Lipinski definition) is 0. The van der Waals surface area contributed by atoms with Crippen LogP contribution in [0.4, 0.5) is 13.2 Å². The van der Waals surface area contributed by atoms with E-state index in [1.165, 1.54) is 37.8 Å². The smallest absolute Gasteiger partial charge is 0.284 e. The van der Waals surface area contributed by atoms with Gasteiger partial charge >= 0.3 is 6.18 Å². The maximum absolute atomic E-state index is 12.5. The van der Waals surface area contributed by atoms with Gasteiger partial charge in [0.05, 0.1) is 0 Å². The Kier molecular flexibility index (Phi) is 7.48. The molecule has 0 amide bonds. The summed E-state index contributed by atoms with van der Waals surface area (Å²) in [6.45, 7) is 2.16. The molecule has 1 aromatic rings. The van der Waals surface area contributed by atoms with Crippen LogP contribution in [0.15, 0.2) is 24.3 Å². The van der Waals surface area contributed by atoms with Crippen LogP contribution in [0.2, 0.25) is 0 Å². The van der Waals surface area contributed by atoms with Crippen molar-refractivity contribution >= 4 is 5.78 Å². The van der Waals surface area contributed by atoms with Crippen molar-refractivity contribution < 1.29 is 18.0 Å². The van der Waals surface area contributed by atoms with Crippen LogP contribution in [0.25, 0.3) is 0 Å². The molecule has 1 aromatic carbocycles. The Balaban J connectivity index is 2.47. The van der Waals surface area contributed by atoms with Crippen molar-refractivity contribution in [1.82, 2.24) is 0 Å². The minimum atomic E-state index is -4.80. The van der Waals surface area contributed by atoms with Crippen LogP contribution in [0.1, 0.15) is 67.8 Å². The molecule has 4 heteroatoms. The topological polar surface area (TPSA) is 17.1 Å². The molecule has 0 N–H and O–H groups in total. The first kappa shape index (κ1) is 17.7. The number of aryl methyl sites for hydroxylation is 1. The van der Waals surface area contributed by atoms with E-state index in [4.69, 9.17) is 0 Å². The van der Waals surface area contributed by atoms with Crippen LogP contribution >= 0.6 is 0 Å². The first-order valence-corrected chi connectivity index (χ1v) is 7.66. The van der Waals surface area contributed by atoms with Gasteiger partial charge in [-0.05, 0) is 18.4 Å². The largest absolute Gasteiger partial charge is 0.454 e. The Morgan fingerprint density at radius 2 is 1.52 bits per heavy atom. The van der Waals surface area contributed by atoms with E-state index in [1.54, 1.807) is 12.1 Å². The third kappa shape index (κ3) is 6.32. The normalized spacial score (nSPS) is 11.6. The summed E-state index contributed by atoms with van der Waals surface area (Å²) >= 11 is 0. The molecule has 118 valence electrons. The van der Waals surface area contributed by atoms with Crippen molar-refractivity contribution in [3.8, 4) is 0 Å². The molecule has 0 fully saturated rings. The van der Waals surface area contributed by atoms with Crippen molar-refractivity contribution in [1.29, 1.82) is 0 Å². The summed E-state index contributed by atoms with van der Waals surface area (Å²) in [6, 6.07) is 6.05. The number of carbonyl (C=O) groups is 1. The molecule has 0 aromatic heterocycles. The van der Waals surface area contributed by atoms with Gasteiger partial charge in [-0.3, -0.25) is 4.79 Å². The van der Waals surface area contributed by atoms with Gasteiger partial charge in [0.2, 0.25) is 0 Å². The molecule has 0 radical (unpaired) electrons. The van der Waals surface area contributed by atoms with Crippen LogP contribution in [-0.4, -0.2) is 12.0 Å². The highest BCUT2D eigenvalue weighted by Gasteiger charge is 2.40. The van der Waals surface area contributed by atoms with E-state index in [2.05, 4.69) is 6.92 Å². The predicted molar refractivity (Wildman–Crippen MR) is 78.5 cm³/mol. The summed E-state index contributed by atoms with van der Waals surface area (Å²) in [5.41, 5.74) is 0.310. The van der Waals surface area contributed by atoms with Gasteiger partial charge in [0.15, 0.2) is 0 Å². The summed E-state index contributed by atoms with van der Waals surface area (Å²) in [4.78, 5) is 11.4. The maximum atomic E-state index is 12.5. The second-order valence-electron chi connectivity index (χ2n) is 5.36. The number of hydrogen-bond acceptors (Lipinski definition) is 1. The highest BCUT2D eigenvalue weighted by Crippen LogP contribution is 2.24. The summed E-state index contributed by atoms with van der Waals surface area (Å²) < 4.78 is 37.6. The summed E-state index contributed by atoms with van der Waals surface area (Å²) in [5, 5.41) is 0. The third-order valence-corrected chi connectivity index (χ3v) is 3.57. The van der Waals surface area contributed by atoms with Crippen LogP contribution in [0.3, 0.4) is 0 Å². The van der Waals surface area contributed by atoms with E-state index in [0.717, 1.165) is 19.3 Å². The van der Waals surface area contributed by atoms with Crippen LogP contribution < -0.4 is 0 Å². The van der Waals surface area contributed by atoms with E-state index in [0.29, 0.717) is 12.0 Å². The average molecular weight is 300 g/mol. The van der Waals surface area contributed by atoms with Gasteiger partial charge in [-0.2, -0.15) is 13.2 Å². The minimum Gasteiger partial charge on any atom is -0.284 e. The molecule has 0 aliphatic heterocycles. The Hall–Kier alpha value is -1.32. The van der Waals surface area contributed by atoms with E-state index in [9.17, 15) is 18.0 Å². The highest BCUT2D eigenvalue weighted by molar-refractivity contribution is 6.01. The lowest BCUT2D eigenvalue weighted by molar-refractivity contribution is -0.0885. The fraction of sp³-hybridized carbons (Fsp3) is 0.588. The maximum Gasteiger partial charge on any atom is 0.454 e. The zero-order valence-corrected chi connectivity index (χ0v) is 12.5. The Labute approximate surface area is 124 Å². The van der Waals surface area contributed by atoms with Crippen LogP contribution in [0.5, 0.6) is 0 Å². The van der Waals surface area contributed by atoms with Gasteiger partial charge in [-0.1, -0.05) is 69.7 Å². The van der Waals surface area contributed by atoms with E-state index < -0.39 is 12.0 Å². The third-order valence-electron chi connectivity index (χ3n) is 3.57. The van der Waals surface area contributed by atoms with Gasteiger partial charge in [0, 0.05) is 5.56 Å². The Morgan fingerprint density at radius 1 is 0.952 bits per heavy atom. The molecule has 0 aliphatic carbocycles. The lowest BCUT2D eigenvalue weighted by Crippen LogP contribution is -2.24. The van der Waals surface area contributed by atoms with Gasteiger partial charge in [0.1, 0.15) is 0 Å². The lowest BCUT2D eigenvalue weighted by Gasteiger charge is -2.10. The molecular formula is C17H23F3O. The average Bonchev–Trinajstić information content (AvgIpc) is 2.45. The van der Waals surface area contributed by atoms with Crippen LogP contribution in [-0.2, 0) is 6.42 Å². The van der Waals surface area contributed by atoms with Gasteiger partial charge < -0.3 is 0 Å². The predicted octanol–water partition coefficient (Wildman–Crippen LogP) is 5.72. The molecule has 0 bridgehead atoms. The van der Waals surface area contributed by atoms with E-state index in [-0.39, 0.29) is 5.56 Å². The second-order valence-corrected chi connectivity index (χ2v) is 5.36. The zero-order chi connectivity index (χ0) is 15.7. The molecule has 1 nitrogen and oxygen atoms in total. The fourth-order valence-corrected chi connectivity index (χ4v) is 2.39. The molecule has 0 unspecified atom stereocenters. The number of halogens is 3. The monoisotopic (exact) mass is 300 g/mol. The SMILES string of the molecule is CCCCCCCCCc1ccccc1C(=O)C(F)(F)F. The van der Waals surface area contributed by atoms with Gasteiger partial charge in [-0.25, -0.2) is 0 Å². The summed E-state index contributed by atoms with van der Waals surface area (Å²) in [7, 11) is 0. The number of ketones is 1. The Morgan fingerprint density at radius 3 is 2.14 bits per heavy atom. The first-order valence-electron chi connectivity index (χ1n) is 7.66. The molecule has 1 rings (SSSR count). The van der Waals surface area contributed by atoms with Crippen LogP contribution in [0, 0.1) is 0 Å². The summed E-state index contributed by atoms with van der Waals surface area (Å²) in [6.07, 6.45) is 3.51. The molecule has 0 heterocycles.